The molecule has 5 heterocycles. The average molecular weight is 450 g/mol. The molecule has 1 aliphatic heterocycles. The summed E-state index contributed by atoms with van der Waals surface area (Å²) >= 11 is 0. The van der Waals surface area contributed by atoms with Gasteiger partial charge in [0.1, 0.15) is 11.2 Å². The molecule has 0 fully saturated rings. The van der Waals surface area contributed by atoms with Crippen molar-refractivity contribution in [3.05, 3.63) is 110 Å². The van der Waals surface area contributed by atoms with Crippen LogP contribution in [0.3, 0.4) is 0 Å². The normalized spacial score (nSPS) is 17.0. The summed E-state index contributed by atoms with van der Waals surface area (Å²) in [7, 11) is 0. The van der Waals surface area contributed by atoms with Gasteiger partial charge in [0.05, 0.1) is 39.3 Å². The van der Waals surface area contributed by atoms with Crippen molar-refractivity contribution in [1.82, 2.24) is 19.1 Å². The summed E-state index contributed by atoms with van der Waals surface area (Å²) in [5.41, 5.74) is 8.45. The van der Waals surface area contributed by atoms with Gasteiger partial charge in [0.15, 0.2) is 0 Å². The fourth-order valence-corrected chi connectivity index (χ4v) is 5.64. The Morgan fingerprint density at radius 1 is 0.743 bits per heavy atom. The number of hydrogen-bond donors (Lipinski definition) is 0. The van der Waals surface area contributed by atoms with Crippen LogP contribution in [0.4, 0.5) is 0 Å². The average Bonchev–Trinajstić information content (AvgIpc) is 3.59. The number of aliphatic imine (C=N–C) groups is 1. The van der Waals surface area contributed by atoms with Crippen LogP contribution in [0.1, 0.15) is 0 Å². The number of fused-ring (bicyclic) bond motifs is 8. The monoisotopic (exact) mass is 449 g/mol. The third-order valence-electron chi connectivity index (χ3n) is 7.10. The molecule has 1 aliphatic carbocycles. The highest BCUT2D eigenvalue weighted by Crippen LogP contribution is 2.42. The van der Waals surface area contributed by atoms with Crippen molar-refractivity contribution in [2.45, 2.75) is 0 Å². The van der Waals surface area contributed by atoms with Crippen molar-refractivity contribution >= 4 is 55.3 Å². The summed E-state index contributed by atoms with van der Waals surface area (Å²) in [6.07, 6.45) is 14.3. The van der Waals surface area contributed by atoms with Crippen molar-refractivity contribution in [2.75, 3.05) is 0 Å². The second kappa shape index (κ2) is 6.87. The Morgan fingerprint density at radius 3 is 2.54 bits per heavy atom. The summed E-state index contributed by atoms with van der Waals surface area (Å²) in [6, 6.07) is 23.2. The van der Waals surface area contributed by atoms with Crippen LogP contribution in [0.5, 0.6) is 0 Å². The van der Waals surface area contributed by atoms with E-state index in [0.717, 1.165) is 55.6 Å². The van der Waals surface area contributed by atoms with Gasteiger partial charge in [-0.05, 0) is 36.4 Å². The Bertz CT molecular complexity index is 1950. The van der Waals surface area contributed by atoms with E-state index >= 15 is 0 Å². The van der Waals surface area contributed by atoms with E-state index in [-0.39, 0.29) is 5.92 Å². The number of pyridine rings is 2. The van der Waals surface area contributed by atoms with Crippen LogP contribution in [0, 0.1) is 5.92 Å². The lowest BCUT2D eigenvalue weighted by molar-refractivity contribution is 1.03. The summed E-state index contributed by atoms with van der Waals surface area (Å²) in [6.45, 7) is 0. The molecule has 0 N–H and O–H groups in total. The highest BCUT2D eigenvalue weighted by atomic mass is 15.1. The van der Waals surface area contributed by atoms with Crippen molar-refractivity contribution in [3.63, 3.8) is 0 Å². The second-order valence-corrected chi connectivity index (χ2v) is 8.94. The van der Waals surface area contributed by atoms with E-state index in [0.29, 0.717) is 0 Å². The number of rotatable bonds is 2. The smallest absolute Gasteiger partial charge is 0.149 e. The van der Waals surface area contributed by atoms with E-state index in [4.69, 9.17) is 15.0 Å². The predicted octanol–water partition coefficient (Wildman–Crippen LogP) is 6.68. The predicted molar refractivity (Wildman–Crippen MR) is 143 cm³/mol. The molecule has 0 bridgehead atoms. The van der Waals surface area contributed by atoms with Gasteiger partial charge in [-0.3, -0.25) is 14.5 Å². The van der Waals surface area contributed by atoms with E-state index in [1.54, 1.807) is 0 Å². The molecule has 1 atom stereocenters. The van der Waals surface area contributed by atoms with Crippen LogP contribution in [0.15, 0.2) is 115 Å². The Hall–Kier alpha value is -4.77. The van der Waals surface area contributed by atoms with E-state index < -0.39 is 0 Å². The zero-order valence-electron chi connectivity index (χ0n) is 18.7. The number of aromatic nitrogens is 4. The van der Waals surface area contributed by atoms with Crippen molar-refractivity contribution in [3.8, 4) is 5.69 Å². The van der Waals surface area contributed by atoms with Gasteiger partial charge < -0.3 is 4.57 Å². The van der Waals surface area contributed by atoms with Gasteiger partial charge in [0.2, 0.25) is 0 Å². The molecule has 2 aliphatic rings. The fraction of sp³-hybridized carbons (Fsp3) is 0.0333. The van der Waals surface area contributed by atoms with Crippen LogP contribution in [-0.4, -0.2) is 24.8 Å². The van der Waals surface area contributed by atoms with Gasteiger partial charge in [-0.2, -0.15) is 0 Å². The third-order valence-corrected chi connectivity index (χ3v) is 7.10. The molecular formula is C30H19N5. The molecule has 164 valence electrons. The second-order valence-electron chi connectivity index (χ2n) is 8.94. The summed E-state index contributed by atoms with van der Waals surface area (Å²) in [5.74, 6) is 0.108. The SMILES string of the molecule is C1=CC2=NC=C(n3c4cccnc4c4c3ncc3c5ccccc5n(-c5ccccc5)c34)C2C=C1. The molecule has 0 saturated carbocycles. The Morgan fingerprint density at radius 2 is 1.60 bits per heavy atom. The number of hydrogen-bond acceptors (Lipinski definition) is 3. The van der Waals surface area contributed by atoms with Gasteiger partial charge in [0.25, 0.3) is 0 Å². The van der Waals surface area contributed by atoms with E-state index in [2.05, 4.69) is 88.0 Å². The lowest BCUT2D eigenvalue weighted by Gasteiger charge is -2.16. The Labute approximate surface area is 200 Å². The quantitative estimate of drug-likeness (QED) is 0.296. The molecule has 0 amide bonds. The van der Waals surface area contributed by atoms with Gasteiger partial charge >= 0.3 is 0 Å². The van der Waals surface area contributed by atoms with Crippen molar-refractivity contribution in [1.29, 1.82) is 0 Å². The standard InChI is InChI=1S/C30H19N5/c1-2-9-19(10-3-1)34-24-14-7-5-11-20(24)22-17-33-30-27(29(22)34)28-25(15-8-16-31-28)35(30)26-18-32-23-13-6-4-12-21(23)26/h1-18,21H. The fourth-order valence-electron chi connectivity index (χ4n) is 5.64. The molecule has 5 heteroatoms. The van der Waals surface area contributed by atoms with Crippen LogP contribution in [-0.2, 0) is 0 Å². The van der Waals surface area contributed by atoms with E-state index in [9.17, 15) is 0 Å². The summed E-state index contributed by atoms with van der Waals surface area (Å²) in [4.78, 5) is 14.7. The molecule has 2 aromatic carbocycles. The maximum atomic E-state index is 5.06. The molecule has 0 spiro atoms. The molecule has 1 unspecified atom stereocenters. The highest BCUT2D eigenvalue weighted by molar-refractivity contribution is 6.24. The zero-order chi connectivity index (χ0) is 22.9. The number of allylic oxidation sites excluding steroid dienone is 5. The van der Waals surface area contributed by atoms with Gasteiger partial charge in [-0.15, -0.1) is 0 Å². The van der Waals surface area contributed by atoms with Gasteiger partial charge in [-0.25, -0.2) is 4.98 Å². The highest BCUT2D eigenvalue weighted by Gasteiger charge is 2.29. The van der Waals surface area contributed by atoms with E-state index in [1.165, 1.54) is 5.39 Å². The molecule has 35 heavy (non-hydrogen) atoms. The summed E-state index contributed by atoms with van der Waals surface area (Å²) in [5, 5.41) is 3.37. The first-order valence-electron chi connectivity index (χ1n) is 11.8. The lowest BCUT2D eigenvalue weighted by Crippen LogP contribution is -2.14. The number of benzene rings is 2. The third kappa shape index (κ3) is 2.44. The maximum absolute atomic E-state index is 5.06. The van der Waals surface area contributed by atoms with Gasteiger partial charge in [-0.1, -0.05) is 54.6 Å². The topological polar surface area (TPSA) is 48.0 Å². The van der Waals surface area contributed by atoms with E-state index in [1.807, 2.05) is 30.7 Å². The minimum atomic E-state index is 0.108. The number of para-hydroxylation sites is 2. The maximum Gasteiger partial charge on any atom is 0.149 e. The molecule has 0 radical (unpaired) electrons. The van der Waals surface area contributed by atoms with Gasteiger partial charge in [0, 0.05) is 35.1 Å². The molecule has 5 nitrogen and oxygen atoms in total. The van der Waals surface area contributed by atoms with Crippen LogP contribution < -0.4 is 0 Å². The Balaban J connectivity index is 1.56. The number of nitrogens with zero attached hydrogens (tertiary/aromatic N) is 5. The molecule has 8 rings (SSSR count). The minimum Gasteiger partial charge on any atom is -0.308 e. The van der Waals surface area contributed by atoms with Crippen molar-refractivity contribution in [2.24, 2.45) is 10.9 Å². The minimum absolute atomic E-state index is 0.108. The molecule has 6 aromatic rings. The molecule has 4 aromatic heterocycles. The lowest BCUT2D eigenvalue weighted by atomic mass is 9.97. The Kier molecular flexibility index (Phi) is 3.66. The first kappa shape index (κ1) is 18.6. The summed E-state index contributed by atoms with van der Waals surface area (Å²) < 4.78 is 4.59. The molecular weight excluding hydrogens is 430 g/mol. The van der Waals surface area contributed by atoms with Crippen LogP contribution >= 0.6 is 0 Å². The first-order valence-corrected chi connectivity index (χ1v) is 11.8. The van der Waals surface area contributed by atoms with Crippen molar-refractivity contribution < 1.29 is 0 Å². The zero-order valence-corrected chi connectivity index (χ0v) is 18.7. The van der Waals surface area contributed by atoms with Crippen LogP contribution in [0.2, 0.25) is 0 Å². The first-order chi connectivity index (χ1) is 17.4. The molecule has 0 saturated heterocycles. The largest absolute Gasteiger partial charge is 0.308 e. The van der Waals surface area contributed by atoms with Crippen LogP contribution in [0.25, 0.3) is 55.3 Å².